The molecule has 0 atom stereocenters. The second-order valence-electron chi connectivity index (χ2n) is 35.1. The molecule has 4 aromatic heterocycles. The summed E-state index contributed by atoms with van der Waals surface area (Å²) >= 11 is 7.73. The largest absolute Gasteiger partial charge is 0.508 e. The molecule has 26 heteroatoms. The van der Waals surface area contributed by atoms with Crippen molar-refractivity contribution in [1.82, 2.24) is 39.4 Å². The van der Waals surface area contributed by atoms with Crippen LogP contribution in [0.4, 0.5) is 4.39 Å². The number of aromatic nitrogens is 4. The van der Waals surface area contributed by atoms with E-state index in [9.17, 15) is 44.0 Å². The Morgan fingerprint density at radius 2 is 0.657 bits per heavy atom. The molecule has 0 radical (unpaired) electrons. The Hall–Kier alpha value is -15.0. The lowest BCUT2D eigenvalue weighted by atomic mass is 9.94. The number of hydrogen-bond acceptors (Lipinski definition) is 24. The fraction of sp³-hybridized carbons (Fsp3) is 0.228. The maximum Gasteiger partial charge on any atom is 0.199 e. The predicted octanol–water partition coefficient (Wildman–Crippen LogP) is 23.6. The minimum absolute atomic E-state index is 0.0198. The van der Waals surface area contributed by atoms with Crippen molar-refractivity contribution in [2.24, 2.45) is 0 Å². The van der Waals surface area contributed by atoms with Gasteiger partial charge in [0.05, 0.1) is 43.4 Å². The van der Waals surface area contributed by atoms with Crippen molar-refractivity contribution in [3.63, 3.8) is 0 Å². The van der Waals surface area contributed by atoms with E-state index in [1.165, 1.54) is 35.8 Å². The molecule has 20 rings (SSSR count). The standard InChI is InChI=1S/C29H28N2O4.C29H28N2O3S.C28H25ClN2O4.C28H25FN2O4/c1-3-16-31-17-24(18-31)34-23-14-10-21(11-15-23)28(33)26-27(20-8-12-22(32)13-9-20)30-35-29(26)25-7-5-4-6-19(25)2;1-3-16-31-17-24(18-31)34-23-14-10-20(11-15-23)28(33)26-27(25-7-5-4-6-19(25)2)30-35-29(26)21-8-12-22(32)13-9-21;1-2-15-31-16-22(17-31)34-21-13-9-19(10-14-21)27(33)25-26(18-7-11-20(32)12-8-18)30-35-28(25)23-5-3-4-6-24(23)29;1-2-14-31-16-22(17-31)34-21-12-10-18(11-13-21)27(33)25-26(19-6-5-7-20(32)15-19)30-35-28(25)23-8-3-4-9-24(23)29/h2*4-15,24,32H,3,16-18H2,1-2H3;3-14,22,32H,2,15-17H2,1H3;3-13,15,22,32H,2,14,16-17H2,1H3. The van der Waals surface area contributed by atoms with E-state index >= 15 is 0 Å². The molecule has 23 nitrogen and oxygen atoms in total. The number of phenolic OH excluding ortho intramolecular Hbond substituents is 4. The number of nitrogens with zero attached hydrogens (tertiary/aromatic N) is 8. The van der Waals surface area contributed by atoms with Crippen molar-refractivity contribution >= 4 is 46.3 Å². The number of rotatable bonds is 32. The Balaban J connectivity index is 0.000000129. The Bertz CT molecular complexity index is 6490. The van der Waals surface area contributed by atoms with Crippen LogP contribution in [0, 0.1) is 19.7 Å². The summed E-state index contributed by atoms with van der Waals surface area (Å²) in [5.74, 6) is 2.80. The van der Waals surface area contributed by atoms with Gasteiger partial charge in [0.1, 0.15) is 93.3 Å². The fourth-order valence-corrected chi connectivity index (χ4v) is 18.6. The number of phenols is 4. The van der Waals surface area contributed by atoms with Crippen LogP contribution in [0.15, 0.2) is 305 Å². The first-order chi connectivity index (χ1) is 68.1. The van der Waals surface area contributed by atoms with Crippen LogP contribution in [0.5, 0.6) is 46.0 Å². The van der Waals surface area contributed by atoms with Crippen molar-refractivity contribution in [2.45, 2.75) is 91.6 Å². The van der Waals surface area contributed by atoms with Crippen LogP contribution >= 0.6 is 23.1 Å². The van der Waals surface area contributed by atoms with Crippen LogP contribution in [0.3, 0.4) is 0 Å². The first kappa shape index (κ1) is 96.7. The number of likely N-dealkylation sites (tertiary alicyclic amines) is 4. The summed E-state index contributed by atoms with van der Waals surface area (Å²) in [5.41, 5.74) is 12.3. The number of ether oxygens (including phenoxy) is 4. The Morgan fingerprint density at radius 1 is 0.343 bits per heavy atom. The highest BCUT2D eigenvalue weighted by Gasteiger charge is 2.36. The first-order valence-electron chi connectivity index (χ1n) is 47.1. The lowest BCUT2D eigenvalue weighted by molar-refractivity contribution is 0.0201. The Kier molecular flexibility index (Phi) is 30.9. The summed E-state index contributed by atoms with van der Waals surface area (Å²) in [6.07, 6.45) is 5.26. The number of hydrogen-bond donors (Lipinski definition) is 4. The van der Waals surface area contributed by atoms with Crippen molar-refractivity contribution in [1.29, 1.82) is 0 Å². The third kappa shape index (κ3) is 22.6. The molecule has 4 aliphatic rings. The number of ketones is 4. The molecular weight excluding hydrogens is 1810 g/mol. The van der Waals surface area contributed by atoms with Gasteiger partial charge in [-0.05, 0) is 300 Å². The zero-order chi connectivity index (χ0) is 97.5. The third-order valence-corrected chi connectivity index (χ3v) is 26.0. The van der Waals surface area contributed by atoms with Gasteiger partial charge in [-0.25, -0.2) is 4.39 Å². The van der Waals surface area contributed by atoms with Crippen LogP contribution in [0.25, 0.3) is 89.4 Å². The first-order valence-corrected chi connectivity index (χ1v) is 48.2. The van der Waals surface area contributed by atoms with E-state index in [2.05, 4.69) is 62.8 Å². The maximum atomic E-state index is 14.6. The topological polar surface area (TPSA) is 290 Å². The highest BCUT2D eigenvalue weighted by atomic mass is 35.5. The number of carbonyl (C=O) groups is 4. The molecule has 16 aromatic rings. The van der Waals surface area contributed by atoms with E-state index in [4.69, 9.17) is 48.5 Å². The predicted molar refractivity (Wildman–Crippen MR) is 540 cm³/mol. The van der Waals surface area contributed by atoms with E-state index in [0.29, 0.717) is 101 Å². The number of carbonyl (C=O) groups excluding carboxylic acids is 4. The lowest BCUT2D eigenvalue weighted by Gasteiger charge is -2.38. The molecule has 0 amide bonds. The summed E-state index contributed by atoms with van der Waals surface area (Å²) in [7, 11) is 0. The molecule has 4 saturated heterocycles. The molecule has 712 valence electrons. The van der Waals surface area contributed by atoms with E-state index in [1.54, 1.807) is 146 Å². The van der Waals surface area contributed by atoms with Gasteiger partial charge in [-0.15, -0.1) is 0 Å². The molecule has 0 saturated carbocycles. The van der Waals surface area contributed by atoms with Gasteiger partial charge in [0.25, 0.3) is 0 Å². The zero-order valence-electron chi connectivity index (χ0n) is 78.4. The van der Waals surface area contributed by atoms with Crippen molar-refractivity contribution in [3.8, 4) is 135 Å². The number of aromatic hydroxyl groups is 4. The summed E-state index contributed by atoms with van der Waals surface area (Å²) in [6.45, 7) is 24.5. The van der Waals surface area contributed by atoms with Crippen molar-refractivity contribution in [3.05, 3.63) is 358 Å². The van der Waals surface area contributed by atoms with Gasteiger partial charge in [-0.2, -0.15) is 4.37 Å². The molecule has 0 unspecified atom stereocenters. The van der Waals surface area contributed by atoms with Gasteiger partial charge in [0, 0.05) is 108 Å². The fourth-order valence-electron chi connectivity index (χ4n) is 17.5. The van der Waals surface area contributed by atoms with Gasteiger partial charge in [0.15, 0.2) is 40.4 Å². The molecule has 4 fully saturated rings. The molecule has 12 aromatic carbocycles. The number of aryl methyl sites for hydroxylation is 2. The highest BCUT2D eigenvalue weighted by molar-refractivity contribution is 7.10. The van der Waals surface area contributed by atoms with E-state index in [-0.39, 0.29) is 93.1 Å². The second kappa shape index (κ2) is 44.7. The normalized spacial score (nSPS) is 14.0. The maximum absolute atomic E-state index is 14.6. The minimum atomic E-state index is -0.526. The average Bonchev–Trinajstić information content (AvgIpc) is 1.62. The Morgan fingerprint density at radius 3 is 1.01 bits per heavy atom. The van der Waals surface area contributed by atoms with Crippen LogP contribution in [0.1, 0.15) is 128 Å². The van der Waals surface area contributed by atoms with E-state index < -0.39 is 5.82 Å². The summed E-state index contributed by atoms with van der Waals surface area (Å²) in [5, 5.41) is 52.1. The second-order valence-corrected chi connectivity index (χ2v) is 36.3. The van der Waals surface area contributed by atoms with Gasteiger partial charge < -0.3 is 52.9 Å². The highest BCUT2D eigenvalue weighted by Crippen LogP contribution is 2.44. The minimum Gasteiger partial charge on any atom is -0.508 e. The molecule has 4 N–H and O–H groups in total. The van der Waals surface area contributed by atoms with Crippen LogP contribution < -0.4 is 18.9 Å². The van der Waals surface area contributed by atoms with E-state index in [1.807, 2.05) is 135 Å². The summed E-state index contributed by atoms with van der Waals surface area (Å²) in [6, 6.07) is 84.0. The van der Waals surface area contributed by atoms with Crippen molar-refractivity contribution < 1.29 is 76.5 Å². The molecule has 0 bridgehead atoms. The van der Waals surface area contributed by atoms with Crippen molar-refractivity contribution in [2.75, 3.05) is 78.5 Å². The lowest BCUT2D eigenvalue weighted by Crippen LogP contribution is -2.53. The molecular formula is C114H106ClFN8O15S. The third-order valence-electron chi connectivity index (χ3n) is 24.8. The monoisotopic (exact) mass is 1910 g/mol. The summed E-state index contributed by atoms with van der Waals surface area (Å²) in [4.78, 5) is 65.3. The number of halogens is 2. The van der Waals surface area contributed by atoms with Crippen LogP contribution in [-0.2, 0) is 0 Å². The quantitative estimate of drug-likeness (QED) is 0.0285. The van der Waals surface area contributed by atoms with Gasteiger partial charge in [-0.1, -0.05) is 140 Å². The van der Waals surface area contributed by atoms with Crippen LogP contribution in [0.2, 0.25) is 5.02 Å². The molecule has 4 aliphatic heterocycles. The van der Waals surface area contributed by atoms with Gasteiger partial charge in [0.2, 0.25) is 0 Å². The van der Waals surface area contributed by atoms with Gasteiger partial charge in [-0.3, -0.25) is 38.8 Å². The van der Waals surface area contributed by atoms with Gasteiger partial charge >= 0.3 is 0 Å². The molecule has 8 heterocycles. The number of benzene rings is 12. The average molecular weight is 1910 g/mol. The molecule has 0 spiro atoms. The smallest absolute Gasteiger partial charge is 0.199 e. The van der Waals surface area contributed by atoms with Crippen LogP contribution in [-0.4, -0.2) is 186 Å². The zero-order valence-corrected chi connectivity index (χ0v) is 79.9. The Labute approximate surface area is 820 Å². The summed E-state index contributed by atoms with van der Waals surface area (Å²) < 4.78 is 60.5. The SMILES string of the molecule is CCCN1CC(Oc2ccc(C(=O)c3c(-c4ccc(O)cc4)noc3-c3ccccc3C)cc2)C1.CCCN1CC(Oc2ccc(C(=O)c3c(-c4ccc(O)cc4)noc3-c3ccccc3Cl)cc2)C1.CCCN1CC(Oc2ccc(C(=O)c3c(-c4cccc(O)c4)noc3-c3ccccc3F)cc2)C1.CCCN1CC(Oc2ccc(C(=O)c3c(-c4ccccc4C)nsc3-c3ccc(O)cc3)cc2)C1. The van der Waals surface area contributed by atoms with E-state index in [0.717, 1.165) is 154 Å². The molecule has 140 heavy (non-hydrogen) atoms. The molecule has 0 aliphatic carbocycles.